The van der Waals surface area contributed by atoms with E-state index in [0.29, 0.717) is 17.8 Å². The summed E-state index contributed by atoms with van der Waals surface area (Å²) < 4.78 is 13.5. The van der Waals surface area contributed by atoms with Crippen LogP contribution in [0.2, 0.25) is 0 Å². The second-order valence-corrected chi connectivity index (χ2v) is 4.13. The predicted octanol–water partition coefficient (Wildman–Crippen LogP) is 1.81. The van der Waals surface area contributed by atoms with Crippen LogP contribution in [0.4, 0.5) is 4.39 Å². The quantitative estimate of drug-likeness (QED) is 0.853. The fraction of sp³-hybridized carbons (Fsp3) is 0.231. The van der Waals surface area contributed by atoms with E-state index in [4.69, 9.17) is 0 Å². The standard InChI is InChI=1S/C13H12FN3/c14-11-4-2-1-3-9(11)5-13-16-7-10-6-15-8-12(10)17-13/h1-4,7,15H,5-6,8H2. The van der Waals surface area contributed by atoms with Crippen LogP contribution < -0.4 is 5.32 Å². The lowest BCUT2D eigenvalue weighted by Crippen LogP contribution is -2.02. The fourth-order valence-electron chi connectivity index (χ4n) is 2.00. The van der Waals surface area contributed by atoms with Gasteiger partial charge in [-0.05, 0) is 11.6 Å². The van der Waals surface area contributed by atoms with E-state index in [2.05, 4.69) is 15.3 Å². The summed E-state index contributed by atoms with van der Waals surface area (Å²) in [5.74, 6) is 0.479. The van der Waals surface area contributed by atoms with Gasteiger partial charge in [0, 0.05) is 31.3 Å². The summed E-state index contributed by atoms with van der Waals surface area (Å²) in [6.45, 7) is 1.61. The molecule has 1 aliphatic heterocycles. The molecular weight excluding hydrogens is 217 g/mol. The maximum absolute atomic E-state index is 13.5. The van der Waals surface area contributed by atoms with E-state index in [9.17, 15) is 4.39 Å². The first-order valence-electron chi connectivity index (χ1n) is 5.61. The number of hydrogen-bond donors (Lipinski definition) is 1. The zero-order valence-electron chi connectivity index (χ0n) is 9.28. The second-order valence-electron chi connectivity index (χ2n) is 4.13. The topological polar surface area (TPSA) is 37.8 Å². The molecule has 2 aromatic rings. The van der Waals surface area contributed by atoms with Crippen LogP contribution in [0.15, 0.2) is 30.5 Å². The first kappa shape index (κ1) is 10.4. The summed E-state index contributed by atoms with van der Waals surface area (Å²) in [5.41, 5.74) is 2.81. The summed E-state index contributed by atoms with van der Waals surface area (Å²) in [6, 6.07) is 6.74. The molecule has 2 heterocycles. The van der Waals surface area contributed by atoms with Gasteiger partial charge in [0.25, 0.3) is 0 Å². The average Bonchev–Trinajstić information content (AvgIpc) is 2.79. The first-order chi connectivity index (χ1) is 8.33. The minimum atomic E-state index is -0.199. The molecule has 17 heavy (non-hydrogen) atoms. The van der Waals surface area contributed by atoms with E-state index in [1.54, 1.807) is 12.1 Å². The number of nitrogens with zero attached hydrogens (tertiary/aromatic N) is 2. The molecule has 0 aliphatic carbocycles. The summed E-state index contributed by atoms with van der Waals surface area (Å²) in [7, 11) is 0. The molecular formula is C13H12FN3. The predicted molar refractivity (Wildman–Crippen MR) is 61.8 cm³/mol. The molecule has 1 aromatic carbocycles. The van der Waals surface area contributed by atoms with Crippen molar-refractivity contribution in [2.24, 2.45) is 0 Å². The Hall–Kier alpha value is -1.81. The van der Waals surface area contributed by atoms with Crippen molar-refractivity contribution in [2.45, 2.75) is 19.5 Å². The van der Waals surface area contributed by atoms with Crippen LogP contribution in [0, 0.1) is 5.82 Å². The lowest BCUT2D eigenvalue weighted by atomic mass is 10.1. The Balaban J connectivity index is 1.89. The van der Waals surface area contributed by atoms with Crippen molar-refractivity contribution in [1.29, 1.82) is 0 Å². The van der Waals surface area contributed by atoms with E-state index in [1.165, 1.54) is 6.07 Å². The largest absolute Gasteiger partial charge is 0.307 e. The fourth-order valence-corrected chi connectivity index (χ4v) is 2.00. The minimum Gasteiger partial charge on any atom is -0.307 e. The Labute approximate surface area is 98.7 Å². The van der Waals surface area contributed by atoms with Crippen molar-refractivity contribution >= 4 is 0 Å². The smallest absolute Gasteiger partial charge is 0.133 e. The zero-order valence-corrected chi connectivity index (χ0v) is 9.28. The van der Waals surface area contributed by atoms with Gasteiger partial charge in [0.2, 0.25) is 0 Å². The molecule has 0 radical (unpaired) electrons. The third kappa shape index (κ3) is 2.03. The molecule has 0 saturated carbocycles. The van der Waals surface area contributed by atoms with Crippen molar-refractivity contribution in [2.75, 3.05) is 0 Å². The maximum Gasteiger partial charge on any atom is 0.133 e. The van der Waals surface area contributed by atoms with Crippen LogP contribution in [0.3, 0.4) is 0 Å². The zero-order chi connectivity index (χ0) is 11.7. The summed E-state index contributed by atoms with van der Waals surface area (Å²) in [5, 5.41) is 3.21. The highest BCUT2D eigenvalue weighted by Crippen LogP contribution is 2.14. The van der Waals surface area contributed by atoms with Crippen LogP contribution in [0.5, 0.6) is 0 Å². The van der Waals surface area contributed by atoms with E-state index < -0.39 is 0 Å². The number of nitrogens with one attached hydrogen (secondary N) is 1. The molecule has 0 atom stereocenters. The molecule has 1 aliphatic rings. The van der Waals surface area contributed by atoms with Gasteiger partial charge in [0.15, 0.2) is 0 Å². The van der Waals surface area contributed by atoms with Crippen LogP contribution in [0.1, 0.15) is 22.6 Å². The molecule has 3 nitrogen and oxygen atoms in total. The number of hydrogen-bond acceptors (Lipinski definition) is 3. The second kappa shape index (κ2) is 4.22. The Morgan fingerprint density at radius 2 is 2.12 bits per heavy atom. The van der Waals surface area contributed by atoms with Gasteiger partial charge < -0.3 is 5.32 Å². The summed E-state index contributed by atoms with van der Waals surface area (Å²) in [6.07, 6.45) is 2.28. The van der Waals surface area contributed by atoms with Crippen molar-refractivity contribution in [3.8, 4) is 0 Å². The van der Waals surface area contributed by atoms with E-state index in [0.717, 1.165) is 24.3 Å². The van der Waals surface area contributed by atoms with Crippen molar-refractivity contribution in [3.63, 3.8) is 0 Å². The average molecular weight is 229 g/mol. The number of halogens is 1. The van der Waals surface area contributed by atoms with Crippen LogP contribution in [0.25, 0.3) is 0 Å². The monoisotopic (exact) mass is 229 g/mol. The maximum atomic E-state index is 13.5. The van der Waals surface area contributed by atoms with Gasteiger partial charge in [-0.25, -0.2) is 14.4 Å². The van der Waals surface area contributed by atoms with E-state index in [1.807, 2.05) is 12.3 Å². The molecule has 4 heteroatoms. The van der Waals surface area contributed by atoms with E-state index >= 15 is 0 Å². The third-order valence-corrected chi connectivity index (χ3v) is 2.92. The van der Waals surface area contributed by atoms with Gasteiger partial charge in [-0.1, -0.05) is 18.2 Å². The Kier molecular flexibility index (Phi) is 2.57. The molecule has 0 unspecified atom stereocenters. The minimum absolute atomic E-state index is 0.199. The summed E-state index contributed by atoms with van der Waals surface area (Å²) >= 11 is 0. The highest BCUT2D eigenvalue weighted by atomic mass is 19.1. The molecule has 0 saturated heterocycles. The molecule has 0 bridgehead atoms. The Morgan fingerprint density at radius 3 is 3.00 bits per heavy atom. The van der Waals surface area contributed by atoms with Crippen LogP contribution in [-0.2, 0) is 19.5 Å². The van der Waals surface area contributed by atoms with Crippen LogP contribution in [-0.4, -0.2) is 9.97 Å². The molecule has 3 rings (SSSR count). The number of aromatic nitrogens is 2. The lowest BCUT2D eigenvalue weighted by molar-refractivity contribution is 0.612. The Morgan fingerprint density at radius 1 is 1.24 bits per heavy atom. The lowest BCUT2D eigenvalue weighted by Gasteiger charge is -2.03. The number of benzene rings is 1. The van der Waals surface area contributed by atoms with Gasteiger partial charge in [-0.3, -0.25) is 0 Å². The molecule has 0 amide bonds. The van der Waals surface area contributed by atoms with Gasteiger partial charge in [-0.15, -0.1) is 0 Å². The van der Waals surface area contributed by atoms with Crippen molar-refractivity contribution in [1.82, 2.24) is 15.3 Å². The molecule has 1 N–H and O–H groups in total. The van der Waals surface area contributed by atoms with Gasteiger partial charge in [-0.2, -0.15) is 0 Å². The third-order valence-electron chi connectivity index (χ3n) is 2.92. The van der Waals surface area contributed by atoms with E-state index in [-0.39, 0.29) is 5.82 Å². The molecule has 0 spiro atoms. The molecule has 0 fully saturated rings. The van der Waals surface area contributed by atoms with Crippen LogP contribution >= 0.6 is 0 Å². The molecule has 86 valence electrons. The SMILES string of the molecule is Fc1ccccc1Cc1ncc2c(n1)CNC2. The van der Waals surface area contributed by atoms with Crippen molar-refractivity contribution in [3.05, 3.63) is 58.9 Å². The highest BCUT2D eigenvalue weighted by molar-refractivity contribution is 5.25. The van der Waals surface area contributed by atoms with Gasteiger partial charge in [0.05, 0.1) is 5.69 Å². The van der Waals surface area contributed by atoms with Crippen molar-refractivity contribution < 1.29 is 4.39 Å². The number of fused-ring (bicyclic) bond motifs is 1. The first-order valence-corrected chi connectivity index (χ1v) is 5.61. The normalized spacial score (nSPS) is 13.7. The Bertz CT molecular complexity index is 554. The summed E-state index contributed by atoms with van der Waals surface area (Å²) in [4.78, 5) is 8.72. The number of rotatable bonds is 2. The van der Waals surface area contributed by atoms with Gasteiger partial charge in [0.1, 0.15) is 11.6 Å². The molecule has 1 aromatic heterocycles. The van der Waals surface area contributed by atoms with Gasteiger partial charge >= 0.3 is 0 Å². The highest BCUT2D eigenvalue weighted by Gasteiger charge is 2.13.